The molecule has 0 aromatic heterocycles. The zero-order chi connectivity index (χ0) is 24.8. The summed E-state index contributed by atoms with van der Waals surface area (Å²) in [4.78, 5) is 0. The van der Waals surface area contributed by atoms with Crippen LogP contribution in [0.3, 0.4) is 0 Å². The Balaban J connectivity index is -0.0000000572. The second kappa shape index (κ2) is 39.1. The molecule has 0 amide bonds. The number of methoxy groups -OCH3 is 1. The van der Waals surface area contributed by atoms with Gasteiger partial charge in [-0.1, -0.05) is 93.6 Å². The number of hydrogen-bond acceptors (Lipinski definition) is 3. The molecule has 0 fully saturated rings. The molecule has 0 spiro atoms. The molecule has 0 radical (unpaired) electrons. The molecule has 2 N–H and O–H groups in total. The van der Waals surface area contributed by atoms with Crippen molar-refractivity contribution < 1.29 is 17.8 Å². The minimum Gasteiger partial charge on any atom is -0.400 e. The van der Waals surface area contributed by atoms with E-state index in [1.165, 1.54) is 57.8 Å². The van der Waals surface area contributed by atoms with Gasteiger partial charge in [0.2, 0.25) is 0 Å². The molecule has 3 heteroatoms. The van der Waals surface area contributed by atoms with Crippen LogP contribution in [0.4, 0.5) is 0 Å². The molecular formula is C27H66O3. The highest BCUT2D eigenvalue weighted by molar-refractivity contribution is 5.17. The summed E-state index contributed by atoms with van der Waals surface area (Å²) in [6, 6.07) is 0. The number of ether oxygens (including phenoxy) is 1. The summed E-state index contributed by atoms with van der Waals surface area (Å²) >= 11 is 0. The zero-order valence-electron chi connectivity index (χ0n) is 23.2. The smallest absolute Gasteiger partial charge is 0.0675 e. The molecule has 0 saturated carbocycles. The van der Waals surface area contributed by atoms with Crippen molar-refractivity contribution in [3.05, 3.63) is 11.1 Å². The van der Waals surface area contributed by atoms with Crippen LogP contribution in [0.5, 0.6) is 0 Å². The monoisotopic (exact) mass is 439 g/mol. The highest BCUT2D eigenvalue weighted by atomic mass is 16.5. The number of aliphatic hydroxyl groups excluding tert-OH is 2. The predicted molar refractivity (Wildman–Crippen MR) is 144 cm³/mol. The highest BCUT2D eigenvalue weighted by Gasteiger charge is 2.13. The largest absolute Gasteiger partial charge is 0.400 e. The molecule has 0 aromatic rings. The van der Waals surface area contributed by atoms with E-state index < -0.39 is 0 Å². The van der Waals surface area contributed by atoms with Crippen LogP contribution >= 0.6 is 0 Å². The van der Waals surface area contributed by atoms with Gasteiger partial charge >= 0.3 is 0 Å². The van der Waals surface area contributed by atoms with Gasteiger partial charge in [-0.05, 0) is 56.9 Å². The Labute approximate surface area is 195 Å². The fourth-order valence-electron chi connectivity index (χ4n) is 2.81. The average molecular weight is 439 g/mol. The van der Waals surface area contributed by atoms with Gasteiger partial charge in [-0.25, -0.2) is 0 Å². The van der Waals surface area contributed by atoms with Crippen molar-refractivity contribution in [3.8, 4) is 0 Å². The third-order valence-electron chi connectivity index (χ3n) is 3.91. The van der Waals surface area contributed by atoms with Crippen molar-refractivity contribution in [2.45, 2.75) is 140 Å². The average Bonchev–Trinajstić information content (AvgIpc) is 2.75. The summed E-state index contributed by atoms with van der Waals surface area (Å²) in [5, 5.41) is 15.8. The maximum absolute atomic E-state index is 8.78. The summed E-state index contributed by atoms with van der Waals surface area (Å²) in [6.45, 7) is 21.7. The summed E-state index contributed by atoms with van der Waals surface area (Å²) < 4.78 is 5.24. The van der Waals surface area contributed by atoms with Crippen LogP contribution in [0, 0.1) is 5.92 Å². The first-order valence-electron chi connectivity index (χ1n) is 12.7. The van der Waals surface area contributed by atoms with Crippen molar-refractivity contribution in [1.82, 2.24) is 0 Å². The second-order valence-corrected chi connectivity index (χ2v) is 7.50. The Kier molecular flexibility index (Phi) is 52.2. The van der Waals surface area contributed by atoms with Gasteiger partial charge in [0, 0.05) is 17.1 Å². The van der Waals surface area contributed by atoms with Crippen molar-refractivity contribution >= 4 is 0 Å². The van der Waals surface area contributed by atoms with E-state index in [0.717, 1.165) is 26.1 Å². The lowest BCUT2D eigenvalue weighted by Gasteiger charge is -2.21. The third kappa shape index (κ3) is 38.3. The quantitative estimate of drug-likeness (QED) is 0.293. The summed E-state index contributed by atoms with van der Waals surface area (Å²) in [6.07, 6.45) is 12.4. The standard InChI is InChI=1S/C12H22O.C7H16O.C3H8.2C2H6.CH4O.2H2/c1-10(2)8-11-6-4-5-7-12(11)9-13-3;1-3-4-5-6-7(2)8;1-3-2;3*1-2;;/h10H,4-9H2,1-3H3;7-8H,3-6H2,1-2H3;3H2,1-2H3;2*1-2H3;2H,1H3;2*1H. The molecule has 192 valence electrons. The van der Waals surface area contributed by atoms with E-state index >= 15 is 0 Å². The summed E-state index contributed by atoms with van der Waals surface area (Å²) in [5.41, 5.74) is 3.27. The van der Waals surface area contributed by atoms with Crippen LogP contribution in [0.25, 0.3) is 0 Å². The lowest BCUT2D eigenvalue weighted by atomic mass is 9.87. The molecule has 1 rings (SSSR count). The number of unbranched alkanes of at least 4 members (excludes halogenated alkanes) is 2. The Morgan fingerprint density at radius 2 is 1.30 bits per heavy atom. The molecule has 0 bridgehead atoms. The molecular weight excluding hydrogens is 372 g/mol. The molecule has 3 nitrogen and oxygen atoms in total. The van der Waals surface area contributed by atoms with Gasteiger partial charge < -0.3 is 14.9 Å². The van der Waals surface area contributed by atoms with Gasteiger partial charge in [-0.3, -0.25) is 0 Å². The topological polar surface area (TPSA) is 49.7 Å². The van der Waals surface area contributed by atoms with Crippen molar-refractivity contribution in [1.29, 1.82) is 0 Å². The van der Waals surface area contributed by atoms with Crippen LogP contribution in [0.15, 0.2) is 11.1 Å². The Bertz CT molecular complexity index is 295. The molecule has 1 aliphatic carbocycles. The number of rotatable bonds is 8. The van der Waals surface area contributed by atoms with Crippen LogP contribution in [0.1, 0.15) is 136 Å². The molecule has 1 aliphatic rings. The van der Waals surface area contributed by atoms with E-state index in [9.17, 15) is 0 Å². The number of hydrogen-bond donors (Lipinski definition) is 2. The molecule has 0 aromatic carbocycles. The fourth-order valence-corrected chi connectivity index (χ4v) is 2.81. The van der Waals surface area contributed by atoms with Crippen LogP contribution in [-0.4, -0.2) is 37.1 Å². The number of aliphatic hydroxyl groups is 2. The minimum atomic E-state index is -0.0958. The molecule has 1 atom stereocenters. The fraction of sp³-hybridized carbons (Fsp3) is 0.926. The van der Waals surface area contributed by atoms with Gasteiger partial charge in [0.15, 0.2) is 0 Å². The van der Waals surface area contributed by atoms with E-state index in [1.54, 1.807) is 18.3 Å². The highest BCUT2D eigenvalue weighted by Crippen LogP contribution is 2.29. The lowest BCUT2D eigenvalue weighted by molar-refractivity contribution is 0.180. The van der Waals surface area contributed by atoms with Crippen molar-refractivity contribution in [3.63, 3.8) is 0 Å². The second-order valence-electron chi connectivity index (χ2n) is 7.50. The maximum Gasteiger partial charge on any atom is 0.0675 e. The van der Waals surface area contributed by atoms with E-state index in [-0.39, 0.29) is 8.96 Å². The van der Waals surface area contributed by atoms with Crippen LogP contribution in [-0.2, 0) is 4.74 Å². The zero-order valence-corrected chi connectivity index (χ0v) is 23.2. The first-order valence-corrected chi connectivity index (χ1v) is 12.7. The van der Waals surface area contributed by atoms with Gasteiger partial charge in [0.25, 0.3) is 0 Å². The van der Waals surface area contributed by atoms with Gasteiger partial charge in [-0.2, -0.15) is 0 Å². The molecule has 0 heterocycles. The SMILES string of the molecule is CC.CC.CCC.CCCCCC(C)O.CO.COCC1=C(CC(C)C)CCCC1.[HH].[HH]. The van der Waals surface area contributed by atoms with Crippen molar-refractivity contribution in [2.75, 3.05) is 20.8 Å². The first kappa shape index (κ1) is 40.0. The van der Waals surface area contributed by atoms with Crippen molar-refractivity contribution in [2.24, 2.45) is 5.92 Å². The lowest BCUT2D eigenvalue weighted by Crippen LogP contribution is -2.07. The molecule has 0 aliphatic heterocycles. The Morgan fingerprint density at radius 1 is 0.867 bits per heavy atom. The van der Waals surface area contributed by atoms with E-state index in [4.69, 9.17) is 14.9 Å². The Morgan fingerprint density at radius 3 is 1.63 bits per heavy atom. The predicted octanol–water partition coefficient (Wildman–Crippen LogP) is 9.07. The van der Waals surface area contributed by atoms with E-state index in [2.05, 4.69) is 34.6 Å². The number of allylic oxidation sites excluding steroid dienone is 1. The van der Waals surface area contributed by atoms with Gasteiger partial charge in [-0.15, -0.1) is 0 Å². The molecule has 30 heavy (non-hydrogen) atoms. The molecule has 0 saturated heterocycles. The summed E-state index contributed by atoms with van der Waals surface area (Å²) in [7, 11) is 2.80. The van der Waals surface area contributed by atoms with E-state index in [1.807, 2.05) is 34.6 Å². The third-order valence-corrected chi connectivity index (χ3v) is 3.91. The van der Waals surface area contributed by atoms with Crippen LogP contribution < -0.4 is 0 Å². The first-order chi connectivity index (χ1) is 14.4. The van der Waals surface area contributed by atoms with Gasteiger partial charge in [0.05, 0.1) is 12.7 Å². The normalized spacial score (nSPS) is 12.9. The van der Waals surface area contributed by atoms with Crippen LogP contribution in [0.2, 0.25) is 0 Å². The van der Waals surface area contributed by atoms with Gasteiger partial charge in [0.1, 0.15) is 0 Å². The maximum atomic E-state index is 8.78. The Hall–Kier alpha value is -0.380. The van der Waals surface area contributed by atoms with E-state index in [0.29, 0.717) is 0 Å². The minimum absolute atomic E-state index is 0. The molecule has 1 unspecified atom stereocenters. The summed E-state index contributed by atoms with van der Waals surface area (Å²) in [5.74, 6) is 0.792.